The van der Waals surface area contributed by atoms with Gasteiger partial charge in [0.1, 0.15) is 6.26 Å². The van der Waals surface area contributed by atoms with E-state index in [1.165, 1.54) is 0 Å². The molecule has 0 spiro atoms. The van der Waals surface area contributed by atoms with Crippen LogP contribution in [0.5, 0.6) is 0 Å². The SMILES string of the molecule is C=CCC1=C(N2CC2)C=COO1. The molecule has 2 aliphatic rings. The molecule has 1 saturated heterocycles. The highest BCUT2D eigenvalue weighted by Gasteiger charge is 2.24. The average Bonchev–Trinajstić information content (AvgIpc) is 2.89. The highest BCUT2D eigenvalue weighted by molar-refractivity contribution is 5.25. The molecule has 0 aromatic carbocycles. The predicted molar refractivity (Wildman–Crippen MR) is 44.7 cm³/mol. The first-order valence-electron chi connectivity index (χ1n) is 4.00. The van der Waals surface area contributed by atoms with Crippen LogP contribution in [0, 0.1) is 0 Å². The van der Waals surface area contributed by atoms with E-state index in [0.29, 0.717) is 0 Å². The molecular weight excluding hydrogens is 154 g/mol. The lowest BCUT2D eigenvalue weighted by Crippen LogP contribution is -2.06. The van der Waals surface area contributed by atoms with Crippen LogP contribution in [0.2, 0.25) is 0 Å². The maximum Gasteiger partial charge on any atom is 0.182 e. The van der Waals surface area contributed by atoms with Crippen LogP contribution >= 0.6 is 0 Å². The molecule has 0 amide bonds. The molecule has 0 bridgehead atoms. The van der Waals surface area contributed by atoms with Crippen molar-refractivity contribution in [1.29, 1.82) is 0 Å². The Morgan fingerprint density at radius 2 is 2.42 bits per heavy atom. The van der Waals surface area contributed by atoms with E-state index in [0.717, 1.165) is 31.0 Å². The largest absolute Gasteiger partial charge is 0.365 e. The van der Waals surface area contributed by atoms with Crippen LogP contribution < -0.4 is 0 Å². The van der Waals surface area contributed by atoms with E-state index in [-0.39, 0.29) is 0 Å². The molecule has 3 heteroatoms. The molecule has 0 N–H and O–H groups in total. The van der Waals surface area contributed by atoms with Gasteiger partial charge >= 0.3 is 0 Å². The summed E-state index contributed by atoms with van der Waals surface area (Å²) < 4.78 is 0. The van der Waals surface area contributed by atoms with E-state index >= 15 is 0 Å². The topological polar surface area (TPSA) is 21.5 Å². The van der Waals surface area contributed by atoms with Crippen molar-refractivity contribution in [2.45, 2.75) is 6.42 Å². The number of rotatable bonds is 3. The van der Waals surface area contributed by atoms with Crippen molar-refractivity contribution in [3.8, 4) is 0 Å². The minimum absolute atomic E-state index is 0.718. The Kier molecular flexibility index (Phi) is 1.78. The van der Waals surface area contributed by atoms with Gasteiger partial charge < -0.3 is 4.90 Å². The summed E-state index contributed by atoms with van der Waals surface area (Å²) in [5, 5.41) is 0. The maximum absolute atomic E-state index is 5.01. The molecule has 2 rings (SSSR count). The molecule has 2 heterocycles. The van der Waals surface area contributed by atoms with Crippen molar-refractivity contribution in [1.82, 2.24) is 4.90 Å². The second-order valence-electron chi connectivity index (χ2n) is 2.77. The lowest BCUT2D eigenvalue weighted by molar-refractivity contribution is -0.217. The van der Waals surface area contributed by atoms with Gasteiger partial charge in [-0.1, -0.05) is 6.08 Å². The van der Waals surface area contributed by atoms with Gasteiger partial charge in [0.2, 0.25) is 0 Å². The minimum atomic E-state index is 0.718. The quantitative estimate of drug-likeness (QED) is 0.360. The van der Waals surface area contributed by atoms with Crippen molar-refractivity contribution < 1.29 is 9.78 Å². The third-order valence-electron chi connectivity index (χ3n) is 1.83. The Hall–Kier alpha value is -1.38. The van der Waals surface area contributed by atoms with E-state index in [9.17, 15) is 0 Å². The molecule has 64 valence electrons. The molecule has 2 aliphatic heterocycles. The summed E-state index contributed by atoms with van der Waals surface area (Å²) >= 11 is 0. The predicted octanol–water partition coefficient (Wildman–Crippen LogP) is 1.57. The number of nitrogens with zero attached hydrogens (tertiary/aromatic N) is 1. The second-order valence-corrected chi connectivity index (χ2v) is 2.77. The zero-order chi connectivity index (χ0) is 8.39. The van der Waals surface area contributed by atoms with E-state index in [4.69, 9.17) is 9.78 Å². The van der Waals surface area contributed by atoms with Gasteiger partial charge in [-0.3, -0.25) is 9.78 Å². The second kappa shape index (κ2) is 2.93. The van der Waals surface area contributed by atoms with Gasteiger partial charge in [-0.25, -0.2) is 0 Å². The average molecular weight is 165 g/mol. The summed E-state index contributed by atoms with van der Waals surface area (Å²) in [6.45, 7) is 5.89. The molecule has 0 saturated carbocycles. The summed E-state index contributed by atoms with van der Waals surface area (Å²) in [6.07, 6.45) is 6.01. The number of hydrogen-bond donors (Lipinski definition) is 0. The molecule has 3 nitrogen and oxygen atoms in total. The Labute approximate surface area is 71.5 Å². The molecule has 0 aromatic rings. The van der Waals surface area contributed by atoms with Crippen molar-refractivity contribution in [2.24, 2.45) is 0 Å². The van der Waals surface area contributed by atoms with Gasteiger partial charge in [-0.2, -0.15) is 0 Å². The molecule has 0 radical (unpaired) electrons. The number of allylic oxidation sites excluding steroid dienone is 2. The summed E-state index contributed by atoms with van der Waals surface area (Å²) in [7, 11) is 0. The molecule has 0 aliphatic carbocycles. The van der Waals surface area contributed by atoms with E-state index in [1.807, 2.05) is 6.08 Å². The van der Waals surface area contributed by atoms with Crippen LogP contribution in [-0.2, 0) is 9.78 Å². The molecule has 12 heavy (non-hydrogen) atoms. The van der Waals surface area contributed by atoms with Crippen LogP contribution in [0.4, 0.5) is 0 Å². The lowest BCUT2D eigenvalue weighted by atomic mass is 10.2. The molecular formula is C9H11NO2. The molecule has 0 aromatic heterocycles. The summed E-state index contributed by atoms with van der Waals surface area (Å²) in [6, 6.07) is 0. The van der Waals surface area contributed by atoms with Crippen molar-refractivity contribution in [2.75, 3.05) is 13.1 Å². The normalized spacial score (nSPS) is 20.2. The Balaban J connectivity index is 2.18. The van der Waals surface area contributed by atoms with Crippen molar-refractivity contribution in [3.05, 3.63) is 36.4 Å². The van der Waals surface area contributed by atoms with Gasteiger partial charge in [0.15, 0.2) is 5.76 Å². The first-order valence-corrected chi connectivity index (χ1v) is 4.00. The number of hydrogen-bond acceptors (Lipinski definition) is 3. The van der Waals surface area contributed by atoms with Crippen molar-refractivity contribution in [3.63, 3.8) is 0 Å². The lowest BCUT2D eigenvalue weighted by Gasteiger charge is -2.14. The fraction of sp³-hybridized carbons (Fsp3) is 0.333. The summed E-state index contributed by atoms with van der Waals surface area (Å²) in [4.78, 5) is 12.0. The van der Waals surface area contributed by atoms with Gasteiger partial charge in [-0.15, -0.1) is 6.58 Å². The Morgan fingerprint density at radius 1 is 1.58 bits per heavy atom. The standard InChI is InChI=1S/C9H11NO2/c1-2-3-9-8(10-5-6-10)4-7-11-12-9/h2,4,7H,1,3,5-6H2. The minimum Gasteiger partial charge on any atom is -0.365 e. The Bertz CT molecular complexity index is 251. The Morgan fingerprint density at radius 3 is 3.08 bits per heavy atom. The van der Waals surface area contributed by atoms with Crippen LogP contribution in [0.3, 0.4) is 0 Å². The van der Waals surface area contributed by atoms with E-state index in [1.54, 1.807) is 12.3 Å². The molecule has 1 fully saturated rings. The highest BCUT2D eigenvalue weighted by atomic mass is 17.2. The first-order chi connectivity index (χ1) is 5.92. The van der Waals surface area contributed by atoms with Gasteiger partial charge in [0.05, 0.1) is 5.70 Å². The third kappa shape index (κ3) is 1.30. The van der Waals surface area contributed by atoms with Crippen LogP contribution in [0.15, 0.2) is 36.4 Å². The van der Waals surface area contributed by atoms with E-state index < -0.39 is 0 Å². The fourth-order valence-electron chi connectivity index (χ4n) is 1.16. The van der Waals surface area contributed by atoms with Crippen LogP contribution in [0.1, 0.15) is 6.42 Å². The zero-order valence-electron chi connectivity index (χ0n) is 6.82. The monoisotopic (exact) mass is 165 g/mol. The molecule has 0 unspecified atom stereocenters. The van der Waals surface area contributed by atoms with Crippen molar-refractivity contribution >= 4 is 0 Å². The van der Waals surface area contributed by atoms with Crippen LogP contribution in [-0.4, -0.2) is 18.0 Å². The van der Waals surface area contributed by atoms with E-state index in [2.05, 4.69) is 11.5 Å². The maximum atomic E-state index is 5.01. The molecule has 0 atom stereocenters. The summed E-state index contributed by atoms with van der Waals surface area (Å²) in [5.41, 5.74) is 1.13. The zero-order valence-corrected chi connectivity index (χ0v) is 6.82. The van der Waals surface area contributed by atoms with Gasteiger partial charge in [-0.05, 0) is 0 Å². The summed E-state index contributed by atoms with van der Waals surface area (Å²) in [5.74, 6) is 0.852. The third-order valence-corrected chi connectivity index (χ3v) is 1.83. The smallest absolute Gasteiger partial charge is 0.182 e. The van der Waals surface area contributed by atoms with Gasteiger partial charge in [0, 0.05) is 25.6 Å². The van der Waals surface area contributed by atoms with Gasteiger partial charge in [0.25, 0.3) is 0 Å². The first kappa shape index (κ1) is 7.28. The fourth-order valence-corrected chi connectivity index (χ4v) is 1.16. The van der Waals surface area contributed by atoms with Crippen LogP contribution in [0.25, 0.3) is 0 Å². The highest BCUT2D eigenvalue weighted by Crippen LogP contribution is 2.25.